The Labute approximate surface area is 230 Å². The summed E-state index contributed by atoms with van der Waals surface area (Å²) in [5.74, 6) is 0.165. The molecule has 2 aromatic rings. The van der Waals surface area contributed by atoms with Gasteiger partial charge in [0.25, 0.3) is 0 Å². The molecular weight excluding hydrogens is 486 g/mol. The lowest BCUT2D eigenvalue weighted by Crippen LogP contribution is -2.48. The van der Waals surface area contributed by atoms with Crippen molar-refractivity contribution in [1.29, 1.82) is 10.7 Å². The van der Waals surface area contributed by atoms with Gasteiger partial charge in [0, 0.05) is 35.6 Å². The summed E-state index contributed by atoms with van der Waals surface area (Å²) in [4.78, 5) is 14.2. The maximum atomic E-state index is 12.0. The predicted molar refractivity (Wildman–Crippen MR) is 154 cm³/mol. The quantitative estimate of drug-likeness (QED) is 0.251. The number of nitrogens with two attached hydrogens (primary N) is 3. The van der Waals surface area contributed by atoms with Crippen LogP contribution in [0, 0.1) is 22.7 Å². The van der Waals surface area contributed by atoms with E-state index in [1.807, 2.05) is 30.3 Å². The molecule has 0 aromatic heterocycles. The summed E-state index contributed by atoms with van der Waals surface area (Å²) in [7, 11) is 0. The van der Waals surface area contributed by atoms with Crippen LogP contribution >= 0.6 is 0 Å². The molecule has 1 heterocycles. The zero-order valence-corrected chi connectivity index (χ0v) is 22.5. The number of carbonyl (C=O) groups excluding carboxylic acids is 1. The zero-order chi connectivity index (χ0) is 28.1. The molecule has 2 aliphatic carbocycles. The van der Waals surface area contributed by atoms with Crippen molar-refractivity contribution in [1.82, 2.24) is 10.2 Å². The van der Waals surface area contributed by atoms with Crippen LogP contribution in [0.25, 0.3) is 5.70 Å². The van der Waals surface area contributed by atoms with Gasteiger partial charge in [-0.3, -0.25) is 10.2 Å². The molecule has 1 saturated heterocycles. The Balaban J connectivity index is 1.50. The van der Waals surface area contributed by atoms with Gasteiger partial charge >= 0.3 is 0 Å². The molecule has 2 aromatic carbocycles. The number of carbonyl (C=O) groups is 1. The van der Waals surface area contributed by atoms with Gasteiger partial charge in [0.2, 0.25) is 5.91 Å². The number of fused-ring (bicyclic) bond motifs is 3. The van der Waals surface area contributed by atoms with Gasteiger partial charge < -0.3 is 27.4 Å². The van der Waals surface area contributed by atoms with E-state index < -0.39 is 11.3 Å². The third-order valence-corrected chi connectivity index (χ3v) is 8.79. The van der Waals surface area contributed by atoms with Gasteiger partial charge in [-0.15, -0.1) is 0 Å². The van der Waals surface area contributed by atoms with Crippen LogP contribution in [0.15, 0.2) is 55.3 Å². The molecule has 8 heteroatoms. The van der Waals surface area contributed by atoms with E-state index in [0.29, 0.717) is 49.0 Å². The summed E-state index contributed by atoms with van der Waals surface area (Å²) in [6, 6.07) is 14.2. The number of primary amides is 1. The van der Waals surface area contributed by atoms with Gasteiger partial charge in [-0.05, 0) is 91.0 Å². The molecule has 39 heavy (non-hydrogen) atoms. The minimum atomic E-state index is -0.927. The molecule has 0 bridgehead atoms. The number of amidine groups is 1. The van der Waals surface area contributed by atoms with Crippen molar-refractivity contribution in [2.24, 2.45) is 23.1 Å². The van der Waals surface area contributed by atoms with Crippen molar-refractivity contribution in [2.45, 2.75) is 62.6 Å². The highest BCUT2D eigenvalue weighted by atomic mass is 16.1. The first-order valence-electron chi connectivity index (χ1n) is 13.5. The van der Waals surface area contributed by atoms with E-state index in [1.165, 1.54) is 0 Å². The third kappa shape index (κ3) is 4.57. The molecule has 202 valence electrons. The minimum absolute atomic E-state index is 0.0374. The van der Waals surface area contributed by atoms with E-state index in [2.05, 4.69) is 36.4 Å². The number of aryl methyl sites for hydroxylation is 2. The van der Waals surface area contributed by atoms with Gasteiger partial charge in [-0.2, -0.15) is 5.26 Å². The van der Waals surface area contributed by atoms with E-state index >= 15 is 0 Å². The summed E-state index contributed by atoms with van der Waals surface area (Å²) >= 11 is 0. The van der Waals surface area contributed by atoms with Crippen molar-refractivity contribution in [2.75, 3.05) is 6.54 Å². The standard InChI is InChI=1S/C31H37N7O/c1-17(37-16-18(2)38-25(15-32)12-24-13-28(24)38)14-31(30(35)36)26-8-6-20(19(3)33)10-21(26)4-5-22-11-23(29(34)39)7-9-27(22)31/h6-11,17,24-25,28,37H,2-5,12-14,16,33H2,1H3,(H2,34,39)(H3,35,36)/t17-,24-,25?,28+,31?/m1/s1. The van der Waals surface area contributed by atoms with Gasteiger partial charge in [0.15, 0.2) is 0 Å². The number of nitrogens with one attached hydrogen (secondary N) is 2. The van der Waals surface area contributed by atoms with Crippen molar-refractivity contribution in [3.8, 4) is 6.07 Å². The molecule has 8 nitrogen and oxygen atoms in total. The van der Waals surface area contributed by atoms with E-state index in [1.54, 1.807) is 6.07 Å². The SMILES string of the molecule is C=C(N)c1ccc2c(c1)CCc1cc(C(N)=O)ccc1C2(C[C@@H](C)NCC(=C)N1C(C#N)C[C@@H]2C[C@@H]21)C(=N)N. The average Bonchev–Trinajstić information content (AvgIpc) is 3.60. The molecule has 8 N–H and O–H groups in total. The molecule has 1 saturated carbocycles. The summed E-state index contributed by atoms with van der Waals surface area (Å²) in [5, 5.41) is 22.2. The molecule has 0 spiro atoms. The fourth-order valence-corrected chi connectivity index (χ4v) is 6.76. The topological polar surface area (TPSA) is 158 Å². The highest BCUT2D eigenvalue weighted by Crippen LogP contribution is 2.49. The van der Waals surface area contributed by atoms with Crippen LogP contribution in [0.5, 0.6) is 0 Å². The van der Waals surface area contributed by atoms with Crippen LogP contribution in [0.1, 0.15) is 64.4 Å². The van der Waals surface area contributed by atoms with Crippen molar-refractivity contribution >= 4 is 17.4 Å². The van der Waals surface area contributed by atoms with Gasteiger partial charge in [-0.25, -0.2) is 0 Å². The lowest BCUT2D eigenvalue weighted by molar-refractivity contribution is 0.1000. The number of likely N-dealkylation sites (tertiary alicyclic amines) is 1. The Morgan fingerprint density at radius 3 is 2.31 bits per heavy atom. The smallest absolute Gasteiger partial charge is 0.248 e. The number of hydrogen-bond donors (Lipinski definition) is 5. The first kappa shape index (κ1) is 26.5. The van der Waals surface area contributed by atoms with Crippen LogP contribution in [-0.4, -0.2) is 41.3 Å². The fourth-order valence-electron chi connectivity index (χ4n) is 6.76. The monoisotopic (exact) mass is 523 g/mol. The minimum Gasteiger partial charge on any atom is -0.399 e. The van der Waals surface area contributed by atoms with Crippen molar-refractivity contribution in [3.63, 3.8) is 0 Å². The second-order valence-corrected chi connectivity index (χ2v) is 11.4. The van der Waals surface area contributed by atoms with E-state index in [-0.39, 0.29) is 17.9 Å². The highest BCUT2D eigenvalue weighted by Gasteiger charge is 2.52. The van der Waals surface area contributed by atoms with Crippen molar-refractivity contribution in [3.05, 3.63) is 88.6 Å². The van der Waals surface area contributed by atoms with E-state index in [9.17, 15) is 10.1 Å². The highest BCUT2D eigenvalue weighted by molar-refractivity contribution is 5.96. The maximum absolute atomic E-state index is 12.0. The van der Waals surface area contributed by atoms with Crippen LogP contribution in [0.2, 0.25) is 0 Å². The maximum Gasteiger partial charge on any atom is 0.248 e. The number of piperidine rings is 1. The molecule has 2 fully saturated rings. The molecule has 5 rings (SSSR count). The van der Waals surface area contributed by atoms with Gasteiger partial charge in [0.05, 0.1) is 11.5 Å². The largest absolute Gasteiger partial charge is 0.399 e. The number of nitrogens with zero attached hydrogens (tertiary/aromatic N) is 2. The Bertz CT molecular complexity index is 1360. The van der Waals surface area contributed by atoms with Crippen LogP contribution in [-0.2, 0) is 18.3 Å². The molecule has 0 radical (unpaired) electrons. The first-order valence-corrected chi connectivity index (χ1v) is 13.5. The second-order valence-electron chi connectivity index (χ2n) is 11.4. The lowest BCUT2D eigenvalue weighted by atomic mass is 9.67. The zero-order valence-electron chi connectivity index (χ0n) is 22.5. The number of hydrogen-bond acceptors (Lipinski definition) is 6. The van der Waals surface area contributed by atoms with Crippen LogP contribution in [0.4, 0.5) is 0 Å². The fraction of sp³-hybridized carbons (Fsp3) is 0.387. The molecule has 2 unspecified atom stereocenters. The van der Waals surface area contributed by atoms with E-state index in [4.69, 9.17) is 22.6 Å². The normalized spacial score (nSPS) is 25.3. The Morgan fingerprint density at radius 2 is 1.74 bits per heavy atom. The number of nitriles is 1. The van der Waals surface area contributed by atoms with Crippen molar-refractivity contribution < 1.29 is 4.79 Å². The molecule has 1 aliphatic heterocycles. The summed E-state index contributed by atoms with van der Waals surface area (Å²) in [6.07, 6.45) is 3.94. The van der Waals surface area contributed by atoms with E-state index in [0.717, 1.165) is 46.4 Å². The summed E-state index contributed by atoms with van der Waals surface area (Å²) in [5.41, 5.74) is 23.8. The van der Waals surface area contributed by atoms with Crippen LogP contribution < -0.4 is 22.5 Å². The lowest BCUT2D eigenvalue weighted by Gasteiger charge is -2.38. The number of rotatable bonds is 9. The molecular formula is C31H37N7O. The number of benzene rings is 2. The number of amides is 1. The summed E-state index contributed by atoms with van der Waals surface area (Å²) in [6.45, 7) is 10.8. The second kappa shape index (κ2) is 9.90. The predicted octanol–water partition coefficient (Wildman–Crippen LogP) is 2.90. The molecule has 5 atom stereocenters. The van der Waals surface area contributed by atoms with Crippen LogP contribution in [0.3, 0.4) is 0 Å². The first-order chi connectivity index (χ1) is 18.6. The Kier molecular flexibility index (Phi) is 6.73. The van der Waals surface area contributed by atoms with Gasteiger partial charge in [0.1, 0.15) is 11.9 Å². The van der Waals surface area contributed by atoms with Gasteiger partial charge in [-0.1, -0.05) is 31.4 Å². The Morgan fingerprint density at radius 1 is 1.13 bits per heavy atom. The Hall–Kier alpha value is -4.09. The third-order valence-electron chi connectivity index (χ3n) is 8.79. The summed E-state index contributed by atoms with van der Waals surface area (Å²) < 4.78 is 0. The molecule has 3 aliphatic rings. The average molecular weight is 524 g/mol. The molecule has 1 amide bonds.